The van der Waals surface area contributed by atoms with Crippen molar-refractivity contribution in [2.45, 2.75) is 18.0 Å². The quantitative estimate of drug-likeness (QED) is 0.880. The SMILES string of the molecule is O=S(=O)(NCc1cncs1)c1ccc(CO)c(Cl)c1. The van der Waals surface area contributed by atoms with Gasteiger partial charge in [0.15, 0.2) is 0 Å². The predicted octanol–water partition coefficient (Wildman–Crippen LogP) is 1.77. The molecule has 0 saturated heterocycles. The highest BCUT2D eigenvalue weighted by Crippen LogP contribution is 2.21. The summed E-state index contributed by atoms with van der Waals surface area (Å²) in [7, 11) is -3.62. The minimum atomic E-state index is -3.62. The molecule has 8 heteroatoms. The van der Waals surface area contributed by atoms with E-state index in [1.165, 1.54) is 29.5 Å². The van der Waals surface area contributed by atoms with Crippen molar-refractivity contribution in [2.75, 3.05) is 0 Å². The van der Waals surface area contributed by atoms with E-state index >= 15 is 0 Å². The summed E-state index contributed by atoms with van der Waals surface area (Å²) in [6.07, 6.45) is 1.61. The normalized spacial score (nSPS) is 11.7. The van der Waals surface area contributed by atoms with Gasteiger partial charge in [-0.1, -0.05) is 17.7 Å². The highest BCUT2D eigenvalue weighted by molar-refractivity contribution is 7.89. The molecule has 0 aliphatic rings. The first kappa shape index (κ1) is 14.4. The van der Waals surface area contributed by atoms with Crippen molar-refractivity contribution in [1.82, 2.24) is 9.71 Å². The Morgan fingerprint density at radius 2 is 2.21 bits per heavy atom. The highest BCUT2D eigenvalue weighted by atomic mass is 35.5. The molecule has 0 saturated carbocycles. The molecule has 2 rings (SSSR count). The van der Waals surface area contributed by atoms with Crippen LogP contribution >= 0.6 is 22.9 Å². The van der Waals surface area contributed by atoms with E-state index in [1.807, 2.05) is 0 Å². The van der Waals surface area contributed by atoms with Gasteiger partial charge in [0.25, 0.3) is 0 Å². The molecule has 0 aliphatic heterocycles. The lowest BCUT2D eigenvalue weighted by molar-refractivity contribution is 0.282. The van der Waals surface area contributed by atoms with E-state index in [4.69, 9.17) is 16.7 Å². The van der Waals surface area contributed by atoms with Gasteiger partial charge in [-0.25, -0.2) is 13.1 Å². The van der Waals surface area contributed by atoms with Crippen LogP contribution in [0.1, 0.15) is 10.4 Å². The van der Waals surface area contributed by atoms with Crippen LogP contribution in [0.2, 0.25) is 5.02 Å². The molecule has 0 aliphatic carbocycles. The van der Waals surface area contributed by atoms with Crippen LogP contribution in [0.5, 0.6) is 0 Å². The number of halogens is 1. The fraction of sp³-hybridized carbons (Fsp3) is 0.182. The van der Waals surface area contributed by atoms with Crippen LogP contribution in [-0.2, 0) is 23.2 Å². The zero-order chi connectivity index (χ0) is 13.9. The molecular formula is C11H11ClN2O3S2. The Balaban J connectivity index is 2.17. The number of nitrogens with zero attached hydrogens (tertiary/aromatic N) is 1. The van der Waals surface area contributed by atoms with Gasteiger partial charge in [0.05, 0.1) is 17.0 Å². The number of hydrogen-bond acceptors (Lipinski definition) is 5. The maximum atomic E-state index is 12.0. The number of benzene rings is 1. The molecule has 1 aromatic carbocycles. The lowest BCUT2D eigenvalue weighted by Gasteiger charge is -2.07. The van der Waals surface area contributed by atoms with Gasteiger partial charge < -0.3 is 5.11 Å². The van der Waals surface area contributed by atoms with Gasteiger partial charge in [0.2, 0.25) is 10.0 Å². The molecule has 19 heavy (non-hydrogen) atoms. The van der Waals surface area contributed by atoms with Crippen LogP contribution in [0.25, 0.3) is 0 Å². The van der Waals surface area contributed by atoms with Crippen LogP contribution in [-0.4, -0.2) is 18.5 Å². The summed E-state index contributed by atoms with van der Waals surface area (Å²) in [6, 6.07) is 4.22. The molecule has 0 unspecified atom stereocenters. The number of aliphatic hydroxyl groups excluding tert-OH is 1. The molecule has 0 atom stereocenters. The van der Waals surface area contributed by atoms with Crippen LogP contribution in [0.4, 0.5) is 0 Å². The van der Waals surface area contributed by atoms with Crippen molar-refractivity contribution < 1.29 is 13.5 Å². The van der Waals surface area contributed by atoms with E-state index in [9.17, 15) is 8.42 Å². The predicted molar refractivity (Wildman–Crippen MR) is 73.5 cm³/mol. The van der Waals surface area contributed by atoms with Crippen molar-refractivity contribution in [3.8, 4) is 0 Å². The summed E-state index contributed by atoms with van der Waals surface area (Å²) in [6.45, 7) is -0.0418. The second-order valence-electron chi connectivity index (χ2n) is 3.70. The summed E-state index contributed by atoms with van der Waals surface area (Å²) in [5, 5.41) is 9.21. The van der Waals surface area contributed by atoms with Gasteiger partial charge in [-0.05, 0) is 17.7 Å². The van der Waals surface area contributed by atoms with Crippen LogP contribution in [0.3, 0.4) is 0 Å². The Bertz CT molecular complexity index is 657. The lowest BCUT2D eigenvalue weighted by atomic mass is 10.2. The molecule has 0 amide bonds. The molecule has 1 heterocycles. The Morgan fingerprint density at radius 1 is 1.42 bits per heavy atom. The average Bonchev–Trinajstić information content (AvgIpc) is 2.89. The van der Waals surface area contributed by atoms with E-state index < -0.39 is 10.0 Å². The monoisotopic (exact) mass is 318 g/mol. The van der Waals surface area contributed by atoms with Crippen molar-refractivity contribution >= 4 is 33.0 Å². The van der Waals surface area contributed by atoms with E-state index in [2.05, 4.69) is 9.71 Å². The summed E-state index contributed by atoms with van der Waals surface area (Å²) >= 11 is 7.25. The van der Waals surface area contributed by atoms with Crippen molar-refractivity contribution in [3.05, 3.63) is 45.4 Å². The molecule has 1 aromatic heterocycles. The first-order valence-corrected chi connectivity index (χ1v) is 8.03. The minimum Gasteiger partial charge on any atom is -0.392 e. The number of aliphatic hydroxyl groups is 1. The first-order chi connectivity index (χ1) is 9.03. The maximum absolute atomic E-state index is 12.0. The number of aromatic nitrogens is 1. The van der Waals surface area contributed by atoms with Gasteiger partial charge in [-0.2, -0.15) is 0 Å². The molecular weight excluding hydrogens is 308 g/mol. The second-order valence-corrected chi connectivity index (χ2v) is 6.85. The second kappa shape index (κ2) is 5.98. The average molecular weight is 319 g/mol. The van der Waals surface area contributed by atoms with E-state index in [0.29, 0.717) is 5.56 Å². The van der Waals surface area contributed by atoms with Gasteiger partial charge >= 0.3 is 0 Å². The Kier molecular flexibility index (Phi) is 4.54. The molecule has 5 nitrogen and oxygen atoms in total. The van der Waals surface area contributed by atoms with E-state index in [-0.39, 0.29) is 23.1 Å². The molecule has 0 bridgehead atoms. The smallest absolute Gasteiger partial charge is 0.240 e. The van der Waals surface area contributed by atoms with Gasteiger partial charge in [0.1, 0.15) is 0 Å². The highest BCUT2D eigenvalue weighted by Gasteiger charge is 2.15. The summed E-state index contributed by atoms with van der Waals surface area (Å²) < 4.78 is 26.5. The topological polar surface area (TPSA) is 79.3 Å². The largest absolute Gasteiger partial charge is 0.392 e. The molecule has 0 radical (unpaired) electrons. The third-order valence-electron chi connectivity index (χ3n) is 2.43. The summed E-state index contributed by atoms with van der Waals surface area (Å²) in [5.74, 6) is 0. The van der Waals surface area contributed by atoms with Gasteiger partial charge in [-0.15, -0.1) is 11.3 Å². The first-order valence-electron chi connectivity index (χ1n) is 5.29. The fourth-order valence-electron chi connectivity index (χ4n) is 1.40. The number of nitrogens with one attached hydrogen (secondary N) is 1. The Morgan fingerprint density at radius 3 is 2.79 bits per heavy atom. The van der Waals surface area contributed by atoms with Crippen LogP contribution in [0.15, 0.2) is 34.8 Å². The lowest BCUT2D eigenvalue weighted by Crippen LogP contribution is -2.22. The number of rotatable bonds is 5. The molecule has 2 aromatic rings. The van der Waals surface area contributed by atoms with Gasteiger partial charge in [-0.3, -0.25) is 4.98 Å². The third kappa shape index (κ3) is 3.52. The zero-order valence-corrected chi connectivity index (χ0v) is 12.1. The standard InChI is InChI=1S/C11H11ClN2O3S2/c12-11-3-10(2-1-8(11)6-15)19(16,17)14-5-9-4-13-7-18-9/h1-4,7,14-15H,5-6H2. The minimum absolute atomic E-state index is 0.0687. The molecule has 0 fully saturated rings. The summed E-state index contributed by atoms with van der Waals surface area (Å²) in [5.41, 5.74) is 2.12. The Labute approximate surface area is 119 Å². The van der Waals surface area contributed by atoms with E-state index in [1.54, 1.807) is 11.7 Å². The molecule has 2 N–H and O–H groups in total. The van der Waals surface area contributed by atoms with Crippen molar-refractivity contribution in [2.24, 2.45) is 0 Å². The van der Waals surface area contributed by atoms with E-state index in [0.717, 1.165) is 4.88 Å². The number of thiazole rings is 1. The number of hydrogen-bond donors (Lipinski definition) is 2. The summed E-state index contributed by atoms with van der Waals surface area (Å²) in [4.78, 5) is 4.76. The van der Waals surface area contributed by atoms with Crippen molar-refractivity contribution in [3.63, 3.8) is 0 Å². The molecule has 0 spiro atoms. The van der Waals surface area contributed by atoms with Crippen LogP contribution in [0, 0.1) is 0 Å². The van der Waals surface area contributed by atoms with Crippen LogP contribution < -0.4 is 4.72 Å². The zero-order valence-electron chi connectivity index (χ0n) is 9.71. The Hall–Kier alpha value is -0.990. The van der Waals surface area contributed by atoms with Gasteiger partial charge in [0, 0.05) is 22.6 Å². The number of sulfonamides is 1. The fourth-order valence-corrected chi connectivity index (χ4v) is 3.37. The molecule has 102 valence electrons. The van der Waals surface area contributed by atoms with Crippen molar-refractivity contribution in [1.29, 1.82) is 0 Å². The third-order valence-corrected chi connectivity index (χ3v) is 4.96. The maximum Gasteiger partial charge on any atom is 0.240 e.